The zero-order valence-electron chi connectivity index (χ0n) is 11.0. The van der Waals surface area contributed by atoms with Gasteiger partial charge in [-0.05, 0) is 42.0 Å². The van der Waals surface area contributed by atoms with E-state index in [0.717, 1.165) is 22.6 Å². The Morgan fingerprint density at radius 2 is 1.95 bits per heavy atom. The summed E-state index contributed by atoms with van der Waals surface area (Å²) < 4.78 is 13.0. The molecule has 0 saturated heterocycles. The minimum Gasteiger partial charge on any atom is -0.397 e. The molecule has 1 amide bonds. The lowest BCUT2D eigenvalue weighted by Crippen LogP contribution is -2.12. The molecule has 0 bridgehead atoms. The summed E-state index contributed by atoms with van der Waals surface area (Å²) in [6.07, 6.45) is 0.361. The number of carbonyl (C=O) groups is 1. The third-order valence-corrected chi connectivity index (χ3v) is 3.45. The number of nitrogens with zero attached hydrogens (tertiary/aromatic N) is 1. The summed E-state index contributed by atoms with van der Waals surface area (Å²) >= 11 is 0. The van der Waals surface area contributed by atoms with E-state index >= 15 is 0 Å². The van der Waals surface area contributed by atoms with Crippen LogP contribution >= 0.6 is 0 Å². The first-order valence-corrected chi connectivity index (χ1v) is 6.26. The number of hydrogen-bond acceptors (Lipinski definition) is 3. The Hall–Kier alpha value is -2.56. The molecule has 4 nitrogen and oxygen atoms in total. The van der Waals surface area contributed by atoms with Crippen LogP contribution in [0.15, 0.2) is 36.4 Å². The van der Waals surface area contributed by atoms with Crippen molar-refractivity contribution in [3.05, 3.63) is 47.8 Å². The second-order valence-electron chi connectivity index (χ2n) is 4.83. The number of carbonyl (C=O) groups excluding carboxylic acids is 1. The van der Waals surface area contributed by atoms with E-state index in [1.165, 1.54) is 12.1 Å². The zero-order chi connectivity index (χ0) is 14.3. The molecular formula is C15H14FN3O. The largest absolute Gasteiger partial charge is 0.397 e. The molecule has 0 atom stereocenters. The van der Waals surface area contributed by atoms with Crippen LogP contribution < -0.4 is 16.0 Å². The molecule has 3 rings (SSSR count). The third-order valence-electron chi connectivity index (χ3n) is 3.45. The average Bonchev–Trinajstić information content (AvgIpc) is 2.77. The predicted molar refractivity (Wildman–Crippen MR) is 77.7 cm³/mol. The van der Waals surface area contributed by atoms with Crippen LogP contribution in [0.3, 0.4) is 0 Å². The maximum absolute atomic E-state index is 13.0. The first kappa shape index (κ1) is 12.5. The van der Waals surface area contributed by atoms with Crippen LogP contribution in [0.25, 0.3) is 0 Å². The monoisotopic (exact) mass is 271 g/mol. The molecule has 1 aliphatic rings. The first-order chi connectivity index (χ1) is 9.54. The van der Waals surface area contributed by atoms with Gasteiger partial charge in [-0.25, -0.2) is 4.39 Å². The molecule has 0 unspecified atom stereocenters. The van der Waals surface area contributed by atoms with Gasteiger partial charge in [0, 0.05) is 18.4 Å². The van der Waals surface area contributed by atoms with E-state index in [9.17, 15) is 9.18 Å². The fraction of sp³-hybridized carbons (Fsp3) is 0.133. The van der Waals surface area contributed by atoms with Crippen LogP contribution in [0.4, 0.5) is 27.1 Å². The Balaban J connectivity index is 2.00. The van der Waals surface area contributed by atoms with Crippen LogP contribution in [0, 0.1) is 5.82 Å². The number of anilines is 4. The van der Waals surface area contributed by atoms with Crippen molar-refractivity contribution in [1.82, 2.24) is 0 Å². The van der Waals surface area contributed by atoms with Crippen molar-refractivity contribution in [2.45, 2.75) is 6.42 Å². The minimum atomic E-state index is -0.281. The second-order valence-corrected chi connectivity index (χ2v) is 4.83. The second kappa shape index (κ2) is 4.52. The molecule has 5 heteroatoms. The lowest BCUT2D eigenvalue weighted by atomic mass is 10.1. The highest BCUT2D eigenvalue weighted by Gasteiger charge is 2.20. The molecule has 0 saturated carbocycles. The summed E-state index contributed by atoms with van der Waals surface area (Å²) in [6.45, 7) is 0. The molecule has 102 valence electrons. The van der Waals surface area contributed by atoms with Gasteiger partial charge in [0.15, 0.2) is 0 Å². The van der Waals surface area contributed by atoms with Gasteiger partial charge in [-0.3, -0.25) is 4.79 Å². The Morgan fingerprint density at radius 3 is 2.65 bits per heavy atom. The number of halogens is 1. The molecule has 1 aliphatic heterocycles. The molecule has 1 heterocycles. The number of rotatable bonds is 2. The molecule has 2 aromatic rings. The molecule has 0 radical (unpaired) electrons. The fourth-order valence-corrected chi connectivity index (χ4v) is 2.38. The number of nitrogens with two attached hydrogens (primary N) is 1. The van der Waals surface area contributed by atoms with Crippen LogP contribution in [0.1, 0.15) is 5.56 Å². The van der Waals surface area contributed by atoms with Crippen molar-refractivity contribution in [3.63, 3.8) is 0 Å². The van der Waals surface area contributed by atoms with Crippen LogP contribution in [0.5, 0.6) is 0 Å². The molecule has 0 aromatic heterocycles. The Bertz CT molecular complexity index is 682. The molecule has 0 fully saturated rings. The smallest absolute Gasteiger partial charge is 0.228 e. The van der Waals surface area contributed by atoms with Gasteiger partial charge in [-0.15, -0.1) is 0 Å². The van der Waals surface area contributed by atoms with E-state index in [1.807, 2.05) is 24.1 Å². The standard InChI is InChI=1S/C15H14FN3O/c1-19(11-4-2-10(16)3-5-11)14-8-13-9(6-12(14)17)7-15(20)18-13/h2-6,8H,7,17H2,1H3,(H,18,20). The number of hydrogen-bond donors (Lipinski definition) is 2. The van der Waals surface area contributed by atoms with E-state index in [0.29, 0.717) is 12.1 Å². The summed E-state index contributed by atoms with van der Waals surface area (Å²) in [4.78, 5) is 13.3. The molecule has 0 aliphatic carbocycles. The van der Waals surface area contributed by atoms with Crippen molar-refractivity contribution < 1.29 is 9.18 Å². The molecular weight excluding hydrogens is 257 g/mol. The number of fused-ring (bicyclic) bond motifs is 1. The van der Waals surface area contributed by atoms with Gasteiger partial charge in [-0.2, -0.15) is 0 Å². The highest BCUT2D eigenvalue weighted by molar-refractivity contribution is 6.01. The topological polar surface area (TPSA) is 58.4 Å². The number of nitrogens with one attached hydrogen (secondary N) is 1. The van der Waals surface area contributed by atoms with E-state index in [1.54, 1.807) is 12.1 Å². The van der Waals surface area contributed by atoms with E-state index in [4.69, 9.17) is 5.73 Å². The van der Waals surface area contributed by atoms with E-state index in [-0.39, 0.29) is 11.7 Å². The molecule has 2 aromatic carbocycles. The van der Waals surface area contributed by atoms with Gasteiger partial charge in [0.05, 0.1) is 17.8 Å². The summed E-state index contributed by atoms with van der Waals surface area (Å²) in [6, 6.07) is 9.82. The fourth-order valence-electron chi connectivity index (χ4n) is 2.38. The van der Waals surface area contributed by atoms with E-state index < -0.39 is 0 Å². The van der Waals surface area contributed by atoms with Crippen molar-refractivity contribution in [2.75, 3.05) is 23.0 Å². The maximum Gasteiger partial charge on any atom is 0.228 e. The average molecular weight is 271 g/mol. The van der Waals surface area contributed by atoms with Crippen molar-refractivity contribution >= 4 is 28.7 Å². The third kappa shape index (κ3) is 2.07. The zero-order valence-corrected chi connectivity index (χ0v) is 11.0. The van der Waals surface area contributed by atoms with Crippen LogP contribution in [-0.2, 0) is 11.2 Å². The Kier molecular flexibility index (Phi) is 2.82. The first-order valence-electron chi connectivity index (χ1n) is 6.26. The maximum atomic E-state index is 13.0. The molecule has 20 heavy (non-hydrogen) atoms. The summed E-state index contributed by atoms with van der Waals surface area (Å²) in [5.41, 5.74) is 9.93. The predicted octanol–water partition coefficient (Wildman–Crippen LogP) is 2.67. The van der Waals surface area contributed by atoms with Gasteiger partial charge < -0.3 is 16.0 Å². The van der Waals surface area contributed by atoms with Gasteiger partial charge in [0.2, 0.25) is 5.91 Å². The SMILES string of the molecule is CN(c1ccc(F)cc1)c1cc2c(cc1N)CC(=O)N2. The van der Waals surface area contributed by atoms with Crippen molar-refractivity contribution in [3.8, 4) is 0 Å². The number of benzene rings is 2. The van der Waals surface area contributed by atoms with Gasteiger partial charge in [-0.1, -0.05) is 0 Å². The van der Waals surface area contributed by atoms with Crippen LogP contribution in [0.2, 0.25) is 0 Å². The minimum absolute atomic E-state index is 0.0269. The lowest BCUT2D eigenvalue weighted by Gasteiger charge is -2.22. The lowest BCUT2D eigenvalue weighted by molar-refractivity contribution is -0.115. The Labute approximate surface area is 116 Å². The number of amides is 1. The Morgan fingerprint density at radius 1 is 1.25 bits per heavy atom. The van der Waals surface area contributed by atoms with Crippen molar-refractivity contribution in [1.29, 1.82) is 0 Å². The normalized spacial score (nSPS) is 13.0. The highest BCUT2D eigenvalue weighted by atomic mass is 19.1. The summed E-state index contributed by atoms with van der Waals surface area (Å²) in [7, 11) is 1.85. The van der Waals surface area contributed by atoms with Gasteiger partial charge >= 0.3 is 0 Å². The highest BCUT2D eigenvalue weighted by Crippen LogP contribution is 2.36. The van der Waals surface area contributed by atoms with Crippen LogP contribution in [-0.4, -0.2) is 13.0 Å². The summed E-state index contributed by atoms with van der Waals surface area (Å²) in [5.74, 6) is -0.308. The molecule has 0 spiro atoms. The molecule has 3 N–H and O–H groups in total. The number of nitrogen functional groups attached to an aromatic ring is 1. The van der Waals surface area contributed by atoms with E-state index in [2.05, 4.69) is 5.32 Å². The summed E-state index contributed by atoms with van der Waals surface area (Å²) in [5, 5.41) is 2.80. The van der Waals surface area contributed by atoms with Gasteiger partial charge in [0.25, 0.3) is 0 Å². The van der Waals surface area contributed by atoms with Gasteiger partial charge in [0.1, 0.15) is 5.82 Å². The van der Waals surface area contributed by atoms with Crippen molar-refractivity contribution in [2.24, 2.45) is 0 Å². The quantitative estimate of drug-likeness (QED) is 0.826.